The Morgan fingerprint density at radius 2 is 1.96 bits per heavy atom. The van der Waals surface area contributed by atoms with E-state index >= 15 is 0 Å². The van der Waals surface area contributed by atoms with Crippen molar-refractivity contribution in [2.45, 2.75) is 50.5 Å². The lowest BCUT2D eigenvalue weighted by molar-refractivity contribution is 0.0697. The van der Waals surface area contributed by atoms with E-state index < -0.39 is 15.8 Å². The molecule has 1 heterocycles. The zero-order valence-corrected chi connectivity index (χ0v) is 16.8. The monoisotopic (exact) mass is 413 g/mol. The number of hydrogen-bond acceptors (Lipinski definition) is 5. The van der Waals surface area contributed by atoms with Gasteiger partial charge in [-0.1, -0.05) is 44.2 Å². The average Bonchev–Trinajstić information content (AvgIpc) is 3.12. The Morgan fingerprint density at radius 3 is 2.59 bits per heavy atom. The quantitative estimate of drug-likeness (QED) is 0.504. The molecule has 0 aliphatic carbocycles. The number of anilines is 1. The molecule has 148 valence electrons. The number of carboxylic acid groups (broad SMARTS) is 1. The van der Waals surface area contributed by atoms with Crippen LogP contribution in [0.25, 0.3) is 0 Å². The molecule has 1 aromatic heterocycles. The van der Waals surface area contributed by atoms with Crippen LogP contribution in [0, 0.1) is 0 Å². The van der Waals surface area contributed by atoms with Crippen LogP contribution in [0.3, 0.4) is 0 Å². The third kappa shape index (κ3) is 6.01. The smallest absolute Gasteiger partial charge is 0.337 e. The highest BCUT2D eigenvalue weighted by atomic mass is 35.5. The maximum absolute atomic E-state index is 12.6. The van der Waals surface area contributed by atoms with E-state index in [-0.39, 0.29) is 33.5 Å². The van der Waals surface area contributed by atoms with Crippen molar-refractivity contribution in [1.29, 1.82) is 0 Å². The maximum atomic E-state index is 12.6. The van der Waals surface area contributed by atoms with Crippen LogP contribution in [-0.4, -0.2) is 25.2 Å². The lowest BCUT2D eigenvalue weighted by Gasteiger charge is -2.13. The minimum atomic E-state index is -3.65. The van der Waals surface area contributed by atoms with Crippen LogP contribution < -0.4 is 5.32 Å². The number of aromatic carboxylic acids is 1. The van der Waals surface area contributed by atoms with Crippen LogP contribution in [-0.2, 0) is 16.4 Å². The Morgan fingerprint density at radius 1 is 1.22 bits per heavy atom. The van der Waals surface area contributed by atoms with Gasteiger partial charge in [-0.2, -0.15) is 0 Å². The van der Waals surface area contributed by atoms with E-state index in [1.165, 1.54) is 12.3 Å². The predicted octanol–water partition coefficient (Wildman–Crippen LogP) is 4.99. The second-order valence-electron chi connectivity index (χ2n) is 6.30. The molecule has 0 spiro atoms. The van der Waals surface area contributed by atoms with Crippen molar-refractivity contribution in [2.24, 2.45) is 0 Å². The van der Waals surface area contributed by atoms with E-state index in [0.717, 1.165) is 31.7 Å². The van der Waals surface area contributed by atoms with Gasteiger partial charge in [-0.25, -0.2) is 13.2 Å². The number of hydrogen-bond donors (Lipinski definition) is 2. The van der Waals surface area contributed by atoms with Crippen LogP contribution >= 0.6 is 11.6 Å². The molecule has 2 aromatic rings. The van der Waals surface area contributed by atoms with Gasteiger partial charge >= 0.3 is 5.97 Å². The number of sulfone groups is 1. The first-order valence-electron chi connectivity index (χ1n) is 8.91. The maximum Gasteiger partial charge on any atom is 0.337 e. The lowest BCUT2D eigenvalue weighted by Crippen LogP contribution is -2.12. The molecule has 0 aliphatic heterocycles. The Balaban J connectivity index is 2.19. The molecule has 2 N–H and O–H groups in total. The van der Waals surface area contributed by atoms with E-state index in [4.69, 9.17) is 16.0 Å². The number of carbonyl (C=O) groups is 1. The number of halogens is 1. The predicted molar refractivity (Wildman–Crippen MR) is 105 cm³/mol. The van der Waals surface area contributed by atoms with Crippen molar-refractivity contribution < 1.29 is 22.7 Å². The first-order valence-corrected chi connectivity index (χ1v) is 10.9. The fourth-order valence-electron chi connectivity index (χ4n) is 2.72. The second-order valence-corrected chi connectivity index (χ2v) is 8.78. The van der Waals surface area contributed by atoms with Crippen molar-refractivity contribution in [3.63, 3.8) is 0 Å². The molecular formula is C19H24ClNO5S. The molecule has 0 amide bonds. The number of unbranched alkanes of at least 4 members (excludes halogenated alkanes) is 4. The largest absolute Gasteiger partial charge is 0.478 e. The van der Waals surface area contributed by atoms with Crippen molar-refractivity contribution in [2.75, 3.05) is 11.1 Å². The first kappa shape index (κ1) is 21.3. The third-order valence-corrected chi connectivity index (χ3v) is 6.45. The van der Waals surface area contributed by atoms with Gasteiger partial charge in [0.2, 0.25) is 0 Å². The molecule has 6 nitrogen and oxygen atoms in total. The number of nitrogens with one attached hydrogen (secondary N) is 1. The fourth-order valence-corrected chi connectivity index (χ4v) is 4.69. The summed E-state index contributed by atoms with van der Waals surface area (Å²) in [6, 6.07) is 5.94. The first-order chi connectivity index (χ1) is 12.8. The van der Waals surface area contributed by atoms with Gasteiger partial charge in [-0.15, -0.1) is 0 Å². The molecule has 0 saturated heterocycles. The van der Waals surface area contributed by atoms with Gasteiger partial charge in [0.1, 0.15) is 5.76 Å². The molecule has 0 atom stereocenters. The van der Waals surface area contributed by atoms with Gasteiger partial charge in [0.15, 0.2) is 9.84 Å². The molecule has 0 unspecified atom stereocenters. The Hall–Kier alpha value is -1.99. The summed E-state index contributed by atoms with van der Waals surface area (Å²) >= 11 is 6.18. The summed E-state index contributed by atoms with van der Waals surface area (Å²) in [5.41, 5.74) is 0.0984. The Labute approximate surface area is 164 Å². The SMILES string of the molecule is CCCCCCCS(=O)(=O)c1cc(C(=O)O)c(NCc2ccco2)cc1Cl. The second kappa shape index (κ2) is 9.80. The lowest BCUT2D eigenvalue weighted by atomic mass is 10.1. The van der Waals surface area contributed by atoms with E-state index in [0.29, 0.717) is 12.2 Å². The molecular weight excluding hydrogens is 390 g/mol. The highest BCUT2D eigenvalue weighted by Crippen LogP contribution is 2.30. The van der Waals surface area contributed by atoms with E-state index in [1.54, 1.807) is 12.1 Å². The molecule has 0 aliphatic rings. The molecule has 27 heavy (non-hydrogen) atoms. The van der Waals surface area contributed by atoms with Crippen LogP contribution in [0.2, 0.25) is 5.02 Å². The number of carboxylic acids is 1. The van der Waals surface area contributed by atoms with Crippen molar-refractivity contribution >= 4 is 33.1 Å². The van der Waals surface area contributed by atoms with Crippen LogP contribution in [0.5, 0.6) is 0 Å². The van der Waals surface area contributed by atoms with Crippen molar-refractivity contribution in [1.82, 2.24) is 0 Å². The molecule has 0 fully saturated rings. The summed E-state index contributed by atoms with van der Waals surface area (Å²) in [4.78, 5) is 11.5. The highest BCUT2D eigenvalue weighted by Gasteiger charge is 2.23. The standard InChI is InChI=1S/C19H24ClNO5S/c1-2-3-4-5-6-10-27(24,25)18-11-15(19(22)23)17(12-16(18)20)21-13-14-8-7-9-26-14/h7-9,11-12,21H,2-6,10,13H2,1H3,(H,22,23). The third-order valence-electron chi connectivity index (χ3n) is 4.19. The zero-order valence-electron chi connectivity index (χ0n) is 15.2. The van der Waals surface area contributed by atoms with E-state index in [9.17, 15) is 18.3 Å². The summed E-state index contributed by atoms with van der Waals surface area (Å²) < 4.78 is 30.4. The van der Waals surface area contributed by atoms with Gasteiger partial charge < -0.3 is 14.8 Å². The molecule has 0 saturated carbocycles. The van der Waals surface area contributed by atoms with Crippen LogP contribution in [0.15, 0.2) is 39.8 Å². The van der Waals surface area contributed by atoms with Gasteiger partial charge in [-0.3, -0.25) is 0 Å². The minimum Gasteiger partial charge on any atom is -0.478 e. The molecule has 0 bridgehead atoms. The topological polar surface area (TPSA) is 96.6 Å². The van der Waals surface area contributed by atoms with Gasteiger partial charge in [0.25, 0.3) is 0 Å². The molecule has 8 heteroatoms. The van der Waals surface area contributed by atoms with Crippen molar-refractivity contribution in [3.8, 4) is 0 Å². The normalized spacial score (nSPS) is 11.5. The Kier molecular flexibility index (Phi) is 7.74. The molecule has 0 radical (unpaired) electrons. The number of rotatable bonds is 11. The van der Waals surface area contributed by atoms with Gasteiger partial charge in [0.05, 0.1) is 39.7 Å². The summed E-state index contributed by atoms with van der Waals surface area (Å²) in [5, 5.41) is 12.4. The van der Waals surface area contributed by atoms with E-state index in [2.05, 4.69) is 12.2 Å². The number of furan rings is 1. The summed E-state index contributed by atoms with van der Waals surface area (Å²) in [6.07, 6.45) is 5.99. The van der Waals surface area contributed by atoms with Gasteiger partial charge in [-0.05, 0) is 30.7 Å². The Bertz CT molecular complexity index is 862. The summed E-state index contributed by atoms with van der Waals surface area (Å²) in [7, 11) is -3.65. The van der Waals surface area contributed by atoms with Crippen LogP contribution in [0.1, 0.15) is 55.1 Å². The molecule has 1 aromatic carbocycles. The summed E-state index contributed by atoms with van der Waals surface area (Å²) in [6.45, 7) is 2.35. The fraction of sp³-hybridized carbons (Fsp3) is 0.421. The highest BCUT2D eigenvalue weighted by molar-refractivity contribution is 7.91. The summed E-state index contributed by atoms with van der Waals surface area (Å²) in [5.74, 6) is -0.659. The van der Waals surface area contributed by atoms with E-state index in [1.807, 2.05) is 0 Å². The minimum absolute atomic E-state index is 0.00973. The van der Waals surface area contributed by atoms with Crippen molar-refractivity contribution in [3.05, 3.63) is 46.9 Å². The number of benzene rings is 1. The van der Waals surface area contributed by atoms with Gasteiger partial charge in [0, 0.05) is 0 Å². The zero-order chi connectivity index (χ0) is 19.9. The molecule has 2 rings (SSSR count). The van der Waals surface area contributed by atoms with Crippen LogP contribution in [0.4, 0.5) is 5.69 Å². The average molecular weight is 414 g/mol.